The fourth-order valence-electron chi connectivity index (χ4n) is 1.85. The summed E-state index contributed by atoms with van der Waals surface area (Å²) in [6, 6.07) is 5.88. The summed E-state index contributed by atoms with van der Waals surface area (Å²) in [7, 11) is 1.65. The van der Waals surface area contributed by atoms with Gasteiger partial charge < -0.3 is 19.9 Å². The minimum absolute atomic E-state index is 0.136. The predicted octanol–water partition coefficient (Wildman–Crippen LogP) is 2.35. The van der Waals surface area contributed by atoms with E-state index in [-0.39, 0.29) is 6.61 Å². The van der Waals surface area contributed by atoms with Crippen LogP contribution < -0.4 is 14.8 Å². The Kier molecular flexibility index (Phi) is 8.02. The van der Waals surface area contributed by atoms with Crippen LogP contribution in [-0.4, -0.2) is 32.0 Å². The van der Waals surface area contributed by atoms with E-state index in [9.17, 15) is 0 Å². The number of aliphatic hydroxyl groups is 1. The molecule has 0 saturated heterocycles. The van der Waals surface area contributed by atoms with Crippen LogP contribution in [0.2, 0.25) is 0 Å². The number of methoxy groups -OCH3 is 1. The Morgan fingerprint density at radius 1 is 1.26 bits per heavy atom. The molecular weight excluding hydrogens is 242 g/mol. The molecular formula is C15H25NO3. The normalized spacial score (nSPS) is 10.5. The summed E-state index contributed by atoms with van der Waals surface area (Å²) in [5.74, 6) is 1.58. The van der Waals surface area contributed by atoms with E-state index in [1.165, 1.54) is 12.8 Å². The topological polar surface area (TPSA) is 50.7 Å². The van der Waals surface area contributed by atoms with Crippen LogP contribution in [0, 0.1) is 0 Å². The van der Waals surface area contributed by atoms with Gasteiger partial charge in [-0.25, -0.2) is 0 Å². The Labute approximate surface area is 115 Å². The second-order valence-corrected chi connectivity index (χ2v) is 4.40. The molecule has 0 aliphatic carbocycles. The molecule has 0 heterocycles. The molecule has 0 saturated carbocycles. The number of para-hydroxylation sites is 1. The molecule has 0 fully saturated rings. The third kappa shape index (κ3) is 5.49. The van der Waals surface area contributed by atoms with Gasteiger partial charge in [-0.2, -0.15) is 0 Å². The lowest BCUT2D eigenvalue weighted by Crippen LogP contribution is -2.18. The van der Waals surface area contributed by atoms with Crippen LogP contribution in [0.15, 0.2) is 18.2 Å². The van der Waals surface area contributed by atoms with Crippen molar-refractivity contribution in [2.24, 2.45) is 0 Å². The number of hydrogen-bond acceptors (Lipinski definition) is 4. The molecule has 1 aromatic carbocycles. The van der Waals surface area contributed by atoms with Crippen LogP contribution in [-0.2, 0) is 6.54 Å². The van der Waals surface area contributed by atoms with E-state index in [4.69, 9.17) is 14.6 Å². The largest absolute Gasteiger partial charge is 0.493 e. The first-order valence-corrected chi connectivity index (χ1v) is 6.93. The fraction of sp³-hybridized carbons (Fsp3) is 0.600. The summed E-state index contributed by atoms with van der Waals surface area (Å²) in [4.78, 5) is 0. The number of unbranched alkanes of at least 4 members (excludes halogenated alkanes) is 2. The van der Waals surface area contributed by atoms with Gasteiger partial charge in [0.2, 0.25) is 0 Å². The van der Waals surface area contributed by atoms with Gasteiger partial charge in [-0.05, 0) is 12.5 Å². The highest BCUT2D eigenvalue weighted by Crippen LogP contribution is 2.31. The van der Waals surface area contributed by atoms with Crippen LogP contribution in [0.1, 0.15) is 31.7 Å². The Morgan fingerprint density at radius 2 is 2.11 bits per heavy atom. The van der Waals surface area contributed by atoms with Crippen molar-refractivity contribution in [3.63, 3.8) is 0 Å². The van der Waals surface area contributed by atoms with Gasteiger partial charge in [-0.15, -0.1) is 0 Å². The molecule has 0 amide bonds. The van der Waals surface area contributed by atoms with Gasteiger partial charge in [0.15, 0.2) is 11.5 Å². The van der Waals surface area contributed by atoms with Crippen molar-refractivity contribution in [3.8, 4) is 11.5 Å². The zero-order chi connectivity index (χ0) is 13.9. The maximum Gasteiger partial charge on any atom is 0.165 e. The maximum atomic E-state index is 8.80. The fourth-order valence-corrected chi connectivity index (χ4v) is 1.85. The van der Waals surface area contributed by atoms with Gasteiger partial charge in [-0.1, -0.05) is 31.9 Å². The summed E-state index contributed by atoms with van der Waals surface area (Å²) in [5, 5.41) is 12.0. The van der Waals surface area contributed by atoms with Crippen molar-refractivity contribution in [2.75, 3.05) is 26.9 Å². The number of nitrogens with one attached hydrogen (secondary N) is 1. The molecule has 0 bridgehead atoms. The summed E-state index contributed by atoms with van der Waals surface area (Å²) >= 11 is 0. The van der Waals surface area contributed by atoms with E-state index < -0.39 is 0 Å². The minimum atomic E-state index is 0.136. The molecule has 2 N–H and O–H groups in total. The first-order valence-electron chi connectivity index (χ1n) is 6.93. The number of rotatable bonds is 10. The Balaban J connectivity index is 2.66. The molecule has 4 heteroatoms. The van der Waals surface area contributed by atoms with Gasteiger partial charge in [0.25, 0.3) is 0 Å². The van der Waals surface area contributed by atoms with Gasteiger partial charge in [0.05, 0.1) is 20.3 Å². The molecule has 108 valence electrons. The number of aliphatic hydroxyl groups excluding tert-OH is 1. The highest BCUT2D eigenvalue weighted by atomic mass is 16.5. The zero-order valence-corrected chi connectivity index (χ0v) is 11.9. The van der Waals surface area contributed by atoms with E-state index in [0.717, 1.165) is 23.5 Å². The summed E-state index contributed by atoms with van der Waals surface area (Å²) < 4.78 is 11.2. The van der Waals surface area contributed by atoms with E-state index in [0.29, 0.717) is 19.7 Å². The van der Waals surface area contributed by atoms with Gasteiger partial charge >= 0.3 is 0 Å². The molecule has 0 radical (unpaired) electrons. The van der Waals surface area contributed by atoms with E-state index in [1.807, 2.05) is 18.2 Å². The monoisotopic (exact) mass is 267 g/mol. The standard InChI is InChI=1S/C15H25NO3/c1-3-4-5-11-19-15-13(12-16-9-10-17)7-6-8-14(15)18-2/h6-8,16-17H,3-5,9-12H2,1-2H3. The average Bonchev–Trinajstić information content (AvgIpc) is 2.44. The SMILES string of the molecule is CCCCCOc1c(CNCCO)cccc1OC. The first kappa shape index (κ1) is 15.8. The lowest BCUT2D eigenvalue weighted by Gasteiger charge is -2.15. The number of benzene rings is 1. The van der Waals surface area contributed by atoms with Gasteiger partial charge in [0, 0.05) is 18.7 Å². The second kappa shape index (κ2) is 9.64. The maximum absolute atomic E-state index is 8.80. The first-order chi connectivity index (χ1) is 9.33. The number of hydrogen-bond donors (Lipinski definition) is 2. The summed E-state index contributed by atoms with van der Waals surface area (Å²) in [6.45, 7) is 4.26. The third-order valence-corrected chi connectivity index (χ3v) is 2.88. The van der Waals surface area contributed by atoms with Crippen LogP contribution in [0.4, 0.5) is 0 Å². The lowest BCUT2D eigenvalue weighted by molar-refractivity contribution is 0.278. The van der Waals surface area contributed by atoms with Crippen molar-refractivity contribution in [2.45, 2.75) is 32.7 Å². The van der Waals surface area contributed by atoms with Crippen molar-refractivity contribution >= 4 is 0 Å². The van der Waals surface area contributed by atoms with Crippen molar-refractivity contribution in [1.29, 1.82) is 0 Å². The second-order valence-electron chi connectivity index (χ2n) is 4.40. The molecule has 0 aliphatic heterocycles. The van der Waals surface area contributed by atoms with Crippen molar-refractivity contribution in [3.05, 3.63) is 23.8 Å². The van der Waals surface area contributed by atoms with Crippen molar-refractivity contribution < 1.29 is 14.6 Å². The zero-order valence-electron chi connectivity index (χ0n) is 11.9. The molecule has 0 atom stereocenters. The summed E-state index contributed by atoms with van der Waals surface area (Å²) in [6.07, 6.45) is 3.41. The lowest BCUT2D eigenvalue weighted by atomic mass is 10.2. The van der Waals surface area contributed by atoms with Crippen LogP contribution in [0.5, 0.6) is 11.5 Å². The van der Waals surface area contributed by atoms with Gasteiger partial charge in [0.1, 0.15) is 0 Å². The van der Waals surface area contributed by atoms with E-state index in [2.05, 4.69) is 12.2 Å². The molecule has 1 aromatic rings. The molecule has 0 aliphatic rings. The predicted molar refractivity (Wildman–Crippen MR) is 76.8 cm³/mol. The molecule has 1 rings (SSSR count). The van der Waals surface area contributed by atoms with E-state index >= 15 is 0 Å². The Morgan fingerprint density at radius 3 is 2.79 bits per heavy atom. The number of ether oxygens (including phenoxy) is 2. The highest BCUT2D eigenvalue weighted by Gasteiger charge is 2.10. The highest BCUT2D eigenvalue weighted by molar-refractivity contribution is 5.46. The molecule has 4 nitrogen and oxygen atoms in total. The van der Waals surface area contributed by atoms with Crippen LogP contribution >= 0.6 is 0 Å². The van der Waals surface area contributed by atoms with E-state index in [1.54, 1.807) is 7.11 Å². The molecule has 0 unspecified atom stereocenters. The Bertz CT molecular complexity index is 355. The molecule has 19 heavy (non-hydrogen) atoms. The van der Waals surface area contributed by atoms with Crippen LogP contribution in [0.3, 0.4) is 0 Å². The summed E-state index contributed by atoms with van der Waals surface area (Å²) in [5.41, 5.74) is 1.06. The minimum Gasteiger partial charge on any atom is -0.493 e. The molecule has 0 spiro atoms. The quantitative estimate of drug-likeness (QED) is 0.639. The molecule has 0 aromatic heterocycles. The smallest absolute Gasteiger partial charge is 0.165 e. The third-order valence-electron chi connectivity index (χ3n) is 2.88. The Hall–Kier alpha value is -1.26. The van der Waals surface area contributed by atoms with Crippen LogP contribution in [0.25, 0.3) is 0 Å². The van der Waals surface area contributed by atoms with Gasteiger partial charge in [-0.3, -0.25) is 0 Å². The average molecular weight is 267 g/mol. The van der Waals surface area contributed by atoms with Crippen molar-refractivity contribution in [1.82, 2.24) is 5.32 Å².